The zero-order valence-electron chi connectivity index (χ0n) is 11.4. The lowest BCUT2D eigenvalue weighted by molar-refractivity contribution is 0.0887. The maximum absolute atomic E-state index is 12.3. The van der Waals surface area contributed by atoms with E-state index in [4.69, 9.17) is 9.47 Å². The molecule has 0 spiro atoms. The van der Waals surface area contributed by atoms with E-state index >= 15 is 0 Å². The molecule has 2 aliphatic heterocycles. The van der Waals surface area contributed by atoms with Gasteiger partial charge in [-0.1, -0.05) is 0 Å². The summed E-state index contributed by atoms with van der Waals surface area (Å²) in [6.07, 6.45) is 1.90. The fourth-order valence-electron chi connectivity index (χ4n) is 2.49. The average Bonchev–Trinajstić information content (AvgIpc) is 2.86. The summed E-state index contributed by atoms with van der Waals surface area (Å²) in [5.74, 6) is 1.29. The summed E-state index contributed by atoms with van der Waals surface area (Å²) in [5, 5.41) is 6.43. The van der Waals surface area contributed by atoms with E-state index in [0.29, 0.717) is 17.1 Å². The lowest BCUT2D eigenvalue weighted by Crippen LogP contribution is -2.52. The molecule has 1 amide bonds. The van der Waals surface area contributed by atoms with Crippen LogP contribution in [0, 0.1) is 0 Å². The molecule has 2 heterocycles. The first-order valence-corrected chi connectivity index (χ1v) is 6.59. The number of benzene rings is 1. The Hall–Kier alpha value is -1.46. The van der Waals surface area contributed by atoms with E-state index in [2.05, 4.69) is 17.6 Å². The van der Waals surface area contributed by atoms with Crippen LogP contribution in [-0.4, -0.2) is 31.3 Å². The summed E-state index contributed by atoms with van der Waals surface area (Å²) >= 11 is 0. The van der Waals surface area contributed by atoms with Gasteiger partial charge in [-0.25, -0.2) is 0 Å². The molecule has 1 saturated heterocycles. The number of halogens is 1. The van der Waals surface area contributed by atoms with Gasteiger partial charge in [-0.2, -0.15) is 0 Å². The molecule has 6 heteroatoms. The molecule has 1 aromatic carbocycles. The number of piperidine rings is 1. The number of fused-ring (bicyclic) bond motifs is 1. The molecule has 110 valence electrons. The summed E-state index contributed by atoms with van der Waals surface area (Å²) in [5.41, 5.74) is 0.489. The molecule has 0 bridgehead atoms. The van der Waals surface area contributed by atoms with E-state index in [1.165, 1.54) is 0 Å². The lowest BCUT2D eigenvalue weighted by Gasteiger charge is -2.35. The van der Waals surface area contributed by atoms with Crippen LogP contribution in [0.5, 0.6) is 11.5 Å². The second-order valence-corrected chi connectivity index (χ2v) is 5.33. The molecule has 0 unspecified atom stereocenters. The van der Waals surface area contributed by atoms with Crippen molar-refractivity contribution in [2.75, 3.05) is 19.9 Å². The smallest absolute Gasteiger partial charge is 0.251 e. The van der Waals surface area contributed by atoms with Crippen LogP contribution >= 0.6 is 12.4 Å². The molecule has 2 aliphatic rings. The molecule has 1 aromatic rings. The molecule has 0 radical (unpaired) electrons. The molecule has 0 aliphatic carbocycles. The van der Waals surface area contributed by atoms with Crippen LogP contribution in [0.3, 0.4) is 0 Å². The van der Waals surface area contributed by atoms with Gasteiger partial charge in [0, 0.05) is 11.1 Å². The number of hydrogen-bond donors (Lipinski definition) is 2. The molecule has 0 aromatic heterocycles. The summed E-state index contributed by atoms with van der Waals surface area (Å²) in [4.78, 5) is 12.3. The van der Waals surface area contributed by atoms with Gasteiger partial charge < -0.3 is 20.1 Å². The molecule has 0 saturated carbocycles. The molecular formula is C14H19ClN2O3. The second-order valence-electron chi connectivity index (χ2n) is 5.33. The van der Waals surface area contributed by atoms with Crippen molar-refractivity contribution >= 4 is 18.3 Å². The van der Waals surface area contributed by atoms with E-state index in [-0.39, 0.29) is 30.6 Å². The Labute approximate surface area is 124 Å². The van der Waals surface area contributed by atoms with Crippen LogP contribution in [0.15, 0.2) is 18.2 Å². The first kappa shape index (κ1) is 14.9. The van der Waals surface area contributed by atoms with E-state index in [0.717, 1.165) is 25.9 Å². The number of carbonyl (C=O) groups is 1. The Morgan fingerprint density at radius 1 is 1.25 bits per heavy atom. The number of nitrogens with one attached hydrogen (secondary N) is 2. The van der Waals surface area contributed by atoms with Gasteiger partial charge in [-0.3, -0.25) is 4.79 Å². The van der Waals surface area contributed by atoms with Gasteiger partial charge in [0.15, 0.2) is 11.5 Å². The van der Waals surface area contributed by atoms with Crippen LogP contribution in [0.25, 0.3) is 0 Å². The Morgan fingerprint density at radius 3 is 2.70 bits per heavy atom. The summed E-state index contributed by atoms with van der Waals surface area (Å²) < 4.78 is 10.5. The van der Waals surface area contributed by atoms with Crippen LogP contribution in [-0.2, 0) is 0 Å². The average molecular weight is 299 g/mol. The van der Waals surface area contributed by atoms with Crippen LogP contribution < -0.4 is 20.1 Å². The highest BCUT2D eigenvalue weighted by atomic mass is 35.5. The van der Waals surface area contributed by atoms with Crippen LogP contribution in [0.4, 0.5) is 0 Å². The summed E-state index contributed by atoms with van der Waals surface area (Å²) in [7, 11) is 0. The Morgan fingerprint density at radius 2 is 1.95 bits per heavy atom. The lowest BCUT2D eigenvalue weighted by atomic mass is 9.90. The van der Waals surface area contributed by atoms with Crippen LogP contribution in [0.2, 0.25) is 0 Å². The van der Waals surface area contributed by atoms with Crippen molar-refractivity contribution in [3.63, 3.8) is 0 Å². The zero-order chi connectivity index (χ0) is 13.3. The van der Waals surface area contributed by atoms with Crippen molar-refractivity contribution in [2.24, 2.45) is 0 Å². The fraction of sp³-hybridized carbons (Fsp3) is 0.500. The molecule has 3 rings (SSSR count). The normalized spacial score (nSPS) is 19.1. The Kier molecular flexibility index (Phi) is 4.40. The zero-order valence-corrected chi connectivity index (χ0v) is 12.2. The molecule has 5 nitrogen and oxygen atoms in total. The van der Waals surface area contributed by atoms with Crippen molar-refractivity contribution < 1.29 is 14.3 Å². The molecule has 20 heavy (non-hydrogen) atoms. The van der Waals surface area contributed by atoms with Gasteiger partial charge in [0.05, 0.1) is 0 Å². The number of rotatable bonds is 2. The largest absolute Gasteiger partial charge is 0.454 e. The van der Waals surface area contributed by atoms with Gasteiger partial charge in [-0.05, 0) is 51.1 Å². The van der Waals surface area contributed by atoms with Gasteiger partial charge in [-0.15, -0.1) is 12.4 Å². The Bertz CT molecular complexity index is 501. The maximum Gasteiger partial charge on any atom is 0.251 e. The predicted octanol–water partition coefficient (Wildman–Crippen LogP) is 1.71. The fourth-order valence-corrected chi connectivity index (χ4v) is 2.49. The SMILES string of the molecule is CC1(NC(=O)c2ccc3c(c2)OCO3)CCNCC1.Cl. The highest BCUT2D eigenvalue weighted by Gasteiger charge is 2.29. The maximum atomic E-state index is 12.3. The standard InChI is InChI=1S/C14H18N2O3.ClH/c1-14(4-6-15-7-5-14)16-13(17)10-2-3-11-12(8-10)19-9-18-11;/h2-3,8,15H,4-7,9H2,1H3,(H,16,17);1H. The van der Waals surface area contributed by atoms with Gasteiger partial charge >= 0.3 is 0 Å². The minimum Gasteiger partial charge on any atom is -0.454 e. The van der Waals surface area contributed by atoms with Crippen molar-refractivity contribution in [1.29, 1.82) is 0 Å². The summed E-state index contributed by atoms with van der Waals surface area (Å²) in [6.45, 7) is 4.21. The van der Waals surface area contributed by atoms with Crippen molar-refractivity contribution in [3.8, 4) is 11.5 Å². The van der Waals surface area contributed by atoms with E-state index in [1.54, 1.807) is 18.2 Å². The Balaban J connectivity index is 0.00000147. The third-order valence-electron chi connectivity index (χ3n) is 3.76. The van der Waals surface area contributed by atoms with Crippen molar-refractivity contribution in [1.82, 2.24) is 10.6 Å². The minimum absolute atomic E-state index is 0. The quantitative estimate of drug-likeness (QED) is 0.873. The third-order valence-corrected chi connectivity index (χ3v) is 3.76. The van der Waals surface area contributed by atoms with E-state index in [1.807, 2.05) is 0 Å². The van der Waals surface area contributed by atoms with Gasteiger partial charge in [0.1, 0.15) is 0 Å². The second kappa shape index (κ2) is 5.89. The first-order valence-electron chi connectivity index (χ1n) is 6.59. The van der Waals surface area contributed by atoms with Gasteiger partial charge in [0.25, 0.3) is 5.91 Å². The van der Waals surface area contributed by atoms with Gasteiger partial charge in [0.2, 0.25) is 6.79 Å². The highest BCUT2D eigenvalue weighted by Crippen LogP contribution is 2.32. The predicted molar refractivity (Wildman–Crippen MR) is 77.8 cm³/mol. The highest BCUT2D eigenvalue weighted by molar-refractivity contribution is 5.95. The number of ether oxygens (including phenoxy) is 2. The molecule has 0 atom stereocenters. The monoisotopic (exact) mass is 298 g/mol. The third kappa shape index (κ3) is 2.99. The van der Waals surface area contributed by atoms with E-state index in [9.17, 15) is 4.79 Å². The summed E-state index contributed by atoms with van der Waals surface area (Å²) in [6, 6.07) is 5.29. The van der Waals surface area contributed by atoms with Crippen molar-refractivity contribution in [3.05, 3.63) is 23.8 Å². The molecular weight excluding hydrogens is 280 g/mol. The van der Waals surface area contributed by atoms with Crippen molar-refractivity contribution in [2.45, 2.75) is 25.3 Å². The van der Waals surface area contributed by atoms with E-state index < -0.39 is 0 Å². The number of amides is 1. The minimum atomic E-state index is -0.126. The topological polar surface area (TPSA) is 59.6 Å². The number of hydrogen-bond acceptors (Lipinski definition) is 4. The molecule has 1 fully saturated rings. The molecule has 2 N–H and O–H groups in total. The van der Waals surface area contributed by atoms with Crippen LogP contribution in [0.1, 0.15) is 30.1 Å². The number of carbonyl (C=O) groups excluding carboxylic acids is 1. The first-order chi connectivity index (χ1) is 9.16.